The van der Waals surface area contributed by atoms with Crippen LogP contribution >= 0.6 is 0 Å². The Labute approximate surface area is 185 Å². The molecular weight excluding hydrogens is 439 g/mol. The molecule has 2 aromatic carbocycles. The van der Waals surface area contributed by atoms with Gasteiger partial charge in [0.1, 0.15) is 11.3 Å². The van der Waals surface area contributed by atoms with Gasteiger partial charge in [-0.05, 0) is 42.0 Å². The Bertz CT molecular complexity index is 1390. The highest BCUT2D eigenvalue weighted by Gasteiger charge is 2.31. The number of pyridine rings is 1. The molecule has 4 aromatic rings. The fourth-order valence-corrected chi connectivity index (χ4v) is 3.61. The minimum atomic E-state index is -4.83. The molecule has 0 saturated heterocycles. The van der Waals surface area contributed by atoms with Crippen LogP contribution in [0, 0.1) is 0 Å². The van der Waals surface area contributed by atoms with Crippen LogP contribution in [0.5, 0.6) is 5.75 Å². The summed E-state index contributed by atoms with van der Waals surface area (Å²) in [5.41, 5.74) is 2.36. The Morgan fingerprint density at radius 1 is 1.12 bits per heavy atom. The molecule has 0 aliphatic carbocycles. The van der Waals surface area contributed by atoms with E-state index in [0.29, 0.717) is 33.3 Å². The number of ether oxygens (including phenoxy) is 1. The Balaban J connectivity index is 1.68. The van der Waals surface area contributed by atoms with E-state index in [4.69, 9.17) is 0 Å². The van der Waals surface area contributed by atoms with Crippen molar-refractivity contribution in [2.45, 2.75) is 13.0 Å². The number of carbonyl (C=O) groups is 1. The summed E-state index contributed by atoms with van der Waals surface area (Å²) in [5, 5.41) is 13.4. The predicted molar refractivity (Wildman–Crippen MR) is 116 cm³/mol. The number of aromatic amines is 1. The smallest absolute Gasteiger partial charge is 0.406 e. The summed E-state index contributed by atoms with van der Waals surface area (Å²) in [6, 6.07) is 11.3. The topological polar surface area (TPSA) is 96.3 Å². The number of aryl methyl sites for hydroxylation is 1. The van der Waals surface area contributed by atoms with Gasteiger partial charge >= 0.3 is 6.36 Å². The first-order valence-electron chi connectivity index (χ1n) is 9.75. The van der Waals surface area contributed by atoms with Gasteiger partial charge in [-0.15, -0.1) is 13.2 Å². The Hall–Kier alpha value is -4.05. The number of aromatic nitrogens is 2. The van der Waals surface area contributed by atoms with Gasteiger partial charge in [0.05, 0.1) is 6.61 Å². The van der Waals surface area contributed by atoms with Crippen LogP contribution < -0.4 is 15.6 Å². The summed E-state index contributed by atoms with van der Waals surface area (Å²) in [5.74, 6) is -1.02. The number of hydrogen-bond donors (Lipinski definition) is 3. The van der Waals surface area contributed by atoms with Crippen LogP contribution in [0.4, 0.5) is 18.9 Å². The number of fused-ring (bicyclic) bond motifs is 1. The van der Waals surface area contributed by atoms with E-state index in [1.54, 1.807) is 43.7 Å². The zero-order valence-corrected chi connectivity index (χ0v) is 17.2. The number of anilines is 1. The van der Waals surface area contributed by atoms with Crippen LogP contribution in [0.25, 0.3) is 22.0 Å². The van der Waals surface area contributed by atoms with Gasteiger partial charge in [0.25, 0.3) is 11.5 Å². The number of amides is 1. The number of hydrogen-bond acceptors (Lipinski definition) is 4. The van der Waals surface area contributed by atoms with E-state index in [2.05, 4.69) is 15.0 Å². The summed E-state index contributed by atoms with van der Waals surface area (Å²) in [6.07, 6.45) is -1.53. The molecule has 0 bridgehead atoms. The molecule has 170 valence electrons. The molecule has 0 aliphatic rings. The standard InChI is InChI=1S/C23H18F3N3O4/c1-29-11-17(16-9-10-27-20(16)22(29)32)15-3-2-4-19(18(15)12-30)28-21(31)13-5-7-14(8-6-13)33-23(24,25)26/h2-11,27,30H,12H2,1H3,(H,28,31). The molecule has 3 N–H and O–H groups in total. The molecular formula is C23H18F3N3O4. The second kappa shape index (κ2) is 8.47. The molecule has 0 saturated carbocycles. The summed E-state index contributed by atoms with van der Waals surface area (Å²) in [6.45, 7) is -0.404. The van der Waals surface area contributed by atoms with Crippen LogP contribution in [-0.2, 0) is 13.7 Å². The van der Waals surface area contributed by atoms with E-state index in [0.717, 1.165) is 12.1 Å². The Morgan fingerprint density at radius 2 is 1.85 bits per heavy atom. The highest BCUT2D eigenvalue weighted by atomic mass is 19.4. The summed E-state index contributed by atoms with van der Waals surface area (Å²) < 4.78 is 42.2. The maximum absolute atomic E-state index is 12.7. The second-order valence-electron chi connectivity index (χ2n) is 7.24. The van der Waals surface area contributed by atoms with Gasteiger partial charge in [-0.3, -0.25) is 9.59 Å². The highest BCUT2D eigenvalue weighted by molar-refractivity contribution is 6.05. The Kier molecular flexibility index (Phi) is 5.69. The number of halogens is 3. The van der Waals surface area contributed by atoms with Crippen molar-refractivity contribution in [2.75, 3.05) is 5.32 Å². The number of aliphatic hydroxyl groups excluding tert-OH is 1. The van der Waals surface area contributed by atoms with Gasteiger partial charge in [0, 0.05) is 47.2 Å². The summed E-state index contributed by atoms with van der Waals surface area (Å²) >= 11 is 0. The molecule has 0 fully saturated rings. The molecule has 0 unspecified atom stereocenters. The lowest BCUT2D eigenvalue weighted by atomic mass is 9.97. The zero-order chi connectivity index (χ0) is 23.8. The van der Waals surface area contributed by atoms with E-state index in [-0.39, 0.29) is 11.1 Å². The van der Waals surface area contributed by atoms with Crippen molar-refractivity contribution in [1.29, 1.82) is 0 Å². The number of alkyl halides is 3. The summed E-state index contributed by atoms with van der Waals surface area (Å²) in [7, 11) is 1.61. The van der Waals surface area contributed by atoms with Gasteiger partial charge in [0.2, 0.25) is 0 Å². The van der Waals surface area contributed by atoms with Gasteiger partial charge in [-0.25, -0.2) is 0 Å². The molecule has 0 atom stereocenters. The number of benzene rings is 2. The van der Waals surface area contributed by atoms with Gasteiger partial charge in [0.15, 0.2) is 0 Å². The van der Waals surface area contributed by atoms with Crippen molar-refractivity contribution < 1.29 is 27.8 Å². The lowest BCUT2D eigenvalue weighted by Gasteiger charge is -2.16. The first-order chi connectivity index (χ1) is 15.7. The third kappa shape index (κ3) is 4.46. The van der Waals surface area contributed by atoms with E-state index in [1.807, 2.05) is 0 Å². The molecule has 0 spiro atoms. The lowest BCUT2D eigenvalue weighted by Crippen LogP contribution is -2.18. The average Bonchev–Trinajstić information content (AvgIpc) is 3.26. The lowest BCUT2D eigenvalue weighted by molar-refractivity contribution is -0.274. The Morgan fingerprint density at radius 3 is 2.52 bits per heavy atom. The molecule has 4 rings (SSSR count). The fraction of sp³-hybridized carbons (Fsp3) is 0.130. The van der Waals surface area contributed by atoms with E-state index < -0.39 is 24.6 Å². The number of H-pyrrole nitrogens is 1. The molecule has 2 heterocycles. The van der Waals surface area contributed by atoms with Crippen molar-refractivity contribution >= 4 is 22.5 Å². The maximum atomic E-state index is 12.7. The number of carbonyl (C=O) groups excluding carboxylic acids is 1. The first-order valence-corrected chi connectivity index (χ1v) is 9.75. The zero-order valence-electron chi connectivity index (χ0n) is 17.2. The van der Waals surface area contributed by atoms with Crippen molar-refractivity contribution in [3.63, 3.8) is 0 Å². The number of rotatable bonds is 5. The van der Waals surface area contributed by atoms with Gasteiger partial charge < -0.3 is 24.7 Å². The minimum absolute atomic E-state index is 0.106. The first kappa shape index (κ1) is 22.2. The number of nitrogens with one attached hydrogen (secondary N) is 2. The van der Waals surface area contributed by atoms with Crippen molar-refractivity contribution in [3.05, 3.63) is 82.4 Å². The SMILES string of the molecule is Cn1cc(-c2cccc(NC(=O)c3ccc(OC(F)(F)F)cc3)c2CO)c2cc[nH]c2c1=O. The fourth-order valence-electron chi connectivity index (χ4n) is 3.61. The molecule has 7 nitrogen and oxygen atoms in total. The largest absolute Gasteiger partial charge is 0.573 e. The summed E-state index contributed by atoms with van der Waals surface area (Å²) in [4.78, 5) is 28.0. The molecule has 10 heteroatoms. The van der Waals surface area contributed by atoms with Crippen LogP contribution in [0.2, 0.25) is 0 Å². The van der Waals surface area contributed by atoms with E-state index in [1.165, 1.54) is 16.7 Å². The molecule has 2 aromatic heterocycles. The van der Waals surface area contributed by atoms with Crippen LogP contribution in [-0.4, -0.2) is 26.9 Å². The van der Waals surface area contributed by atoms with Crippen LogP contribution in [0.1, 0.15) is 15.9 Å². The number of aliphatic hydroxyl groups is 1. The van der Waals surface area contributed by atoms with Crippen molar-refractivity contribution in [1.82, 2.24) is 9.55 Å². The normalized spacial score (nSPS) is 11.5. The van der Waals surface area contributed by atoms with E-state index >= 15 is 0 Å². The quantitative estimate of drug-likeness (QED) is 0.419. The number of nitrogens with zero attached hydrogens (tertiary/aromatic N) is 1. The van der Waals surface area contributed by atoms with Gasteiger partial charge in [-0.2, -0.15) is 0 Å². The maximum Gasteiger partial charge on any atom is 0.573 e. The van der Waals surface area contributed by atoms with E-state index in [9.17, 15) is 27.9 Å². The molecule has 1 amide bonds. The monoisotopic (exact) mass is 457 g/mol. The third-order valence-electron chi connectivity index (χ3n) is 5.12. The molecule has 0 aliphatic heterocycles. The van der Waals surface area contributed by atoms with Crippen LogP contribution in [0.15, 0.2) is 65.7 Å². The van der Waals surface area contributed by atoms with Crippen LogP contribution in [0.3, 0.4) is 0 Å². The average molecular weight is 457 g/mol. The minimum Gasteiger partial charge on any atom is -0.406 e. The predicted octanol–water partition coefficient (Wildman–Crippen LogP) is 4.18. The second-order valence-corrected chi connectivity index (χ2v) is 7.24. The molecule has 0 radical (unpaired) electrons. The third-order valence-corrected chi connectivity index (χ3v) is 5.12. The van der Waals surface area contributed by atoms with Gasteiger partial charge in [-0.1, -0.05) is 12.1 Å². The molecule has 33 heavy (non-hydrogen) atoms. The van der Waals surface area contributed by atoms with Crippen molar-refractivity contribution in [2.24, 2.45) is 7.05 Å². The van der Waals surface area contributed by atoms with Crippen molar-refractivity contribution in [3.8, 4) is 16.9 Å². The highest BCUT2D eigenvalue weighted by Crippen LogP contribution is 2.33.